The van der Waals surface area contributed by atoms with E-state index in [2.05, 4.69) is 20.3 Å². The van der Waals surface area contributed by atoms with Crippen LogP contribution in [0.1, 0.15) is 25.7 Å². The van der Waals surface area contributed by atoms with Gasteiger partial charge >= 0.3 is 0 Å². The molecule has 1 aliphatic carbocycles. The molecule has 0 spiro atoms. The van der Waals surface area contributed by atoms with Crippen molar-refractivity contribution in [1.82, 2.24) is 24.8 Å². The molecule has 3 aromatic rings. The van der Waals surface area contributed by atoms with Gasteiger partial charge in [-0.05, 0) is 37.8 Å². The molecule has 1 fully saturated rings. The van der Waals surface area contributed by atoms with Crippen molar-refractivity contribution >= 4 is 16.8 Å². The van der Waals surface area contributed by atoms with Crippen LogP contribution in [0.3, 0.4) is 0 Å². The Morgan fingerprint density at radius 1 is 1.17 bits per heavy atom. The van der Waals surface area contributed by atoms with Gasteiger partial charge in [-0.3, -0.25) is 19.1 Å². The molecule has 1 saturated carbocycles. The van der Waals surface area contributed by atoms with E-state index in [4.69, 9.17) is 9.47 Å². The molecule has 1 aliphatic rings. The second-order valence-corrected chi connectivity index (χ2v) is 7.25. The molecule has 4 rings (SSSR count). The minimum Gasteiger partial charge on any atom is -0.480 e. The Kier molecular flexibility index (Phi) is 5.87. The summed E-state index contributed by atoms with van der Waals surface area (Å²) in [6, 6.07) is 7.16. The summed E-state index contributed by atoms with van der Waals surface area (Å²) in [6.45, 7) is -0.0491. The molecule has 156 valence electrons. The summed E-state index contributed by atoms with van der Waals surface area (Å²) >= 11 is 0. The minimum absolute atomic E-state index is 0.0202. The van der Waals surface area contributed by atoms with Gasteiger partial charge in [-0.2, -0.15) is 4.98 Å². The summed E-state index contributed by atoms with van der Waals surface area (Å²) in [5, 5.41) is 3.52. The van der Waals surface area contributed by atoms with Gasteiger partial charge in [0.2, 0.25) is 17.7 Å². The van der Waals surface area contributed by atoms with E-state index in [-0.39, 0.29) is 30.2 Å². The number of ether oxygens (including phenoxy) is 2. The monoisotopic (exact) mass is 409 g/mol. The zero-order valence-electron chi connectivity index (χ0n) is 16.7. The Balaban J connectivity index is 1.29. The van der Waals surface area contributed by atoms with E-state index in [0.717, 1.165) is 25.7 Å². The van der Waals surface area contributed by atoms with Crippen LogP contribution in [-0.4, -0.2) is 44.7 Å². The number of methoxy groups -OCH3 is 1. The lowest BCUT2D eigenvalue weighted by molar-refractivity contribution is -0.122. The highest BCUT2D eigenvalue weighted by Crippen LogP contribution is 2.23. The van der Waals surface area contributed by atoms with Crippen molar-refractivity contribution in [3.8, 4) is 11.8 Å². The van der Waals surface area contributed by atoms with Crippen molar-refractivity contribution < 1.29 is 14.3 Å². The molecule has 2 heterocycles. The lowest BCUT2D eigenvalue weighted by Gasteiger charge is -2.29. The number of nitrogens with one attached hydrogen (secondary N) is 1. The third-order valence-corrected chi connectivity index (χ3v) is 5.17. The van der Waals surface area contributed by atoms with Crippen LogP contribution in [0.2, 0.25) is 0 Å². The molecule has 0 radical (unpaired) electrons. The molecule has 2 aromatic heterocycles. The summed E-state index contributed by atoms with van der Waals surface area (Å²) in [4.78, 5) is 37.5. The predicted octanol–water partition coefficient (Wildman–Crippen LogP) is 1.70. The summed E-state index contributed by atoms with van der Waals surface area (Å²) in [5.74, 6) is 0.647. The Morgan fingerprint density at radius 3 is 2.73 bits per heavy atom. The van der Waals surface area contributed by atoms with Crippen LogP contribution in [0.15, 0.2) is 47.8 Å². The molecule has 0 atom stereocenters. The molecular weight excluding hydrogens is 386 g/mol. The van der Waals surface area contributed by atoms with Crippen molar-refractivity contribution in [2.24, 2.45) is 0 Å². The number of fused-ring (bicyclic) bond motifs is 1. The molecular formula is C21H23N5O4. The Bertz CT molecular complexity index is 1090. The van der Waals surface area contributed by atoms with Crippen molar-refractivity contribution in [2.75, 3.05) is 7.11 Å². The maximum Gasteiger partial charge on any atom is 0.261 e. The first-order valence-electron chi connectivity index (χ1n) is 9.88. The average Bonchev–Trinajstić information content (AvgIpc) is 2.77. The first kappa shape index (κ1) is 19.8. The fourth-order valence-electron chi connectivity index (χ4n) is 3.63. The van der Waals surface area contributed by atoms with Crippen molar-refractivity contribution in [1.29, 1.82) is 0 Å². The van der Waals surface area contributed by atoms with E-state index in [0.29, 0.717) is 22.7 Å². The maximum absolute atomic E-state index is 12.5. The Labute approximate surface area is 173 Å². The van der Waals surface area contributed by atoms with E-state index in [1.807, 2.05) is 6.07 Å². The highest BCUT2D eigenvalue weighted by molar-refractivity contribution is 5.79. The quantitative estimate of drug-likeness (QED) is 0.660. The normalized spacial score (nSPS) is 18.7. The summed E-state index contributed by atoms with van der Waals surface area (Å²) < 4.78 is 12.3. The third kappa shape index (κ3) is 4.56. The summed E-state index contributed by atoms with van der Waals surface area (Å²) in [7, 11) is 1.53. The van der Waals surface area contributed by atoms with Gasteiger partial charge in [0, 0.05) is 6.04 Å². The van der Waals surface area contributed by atoms with Gasteiger partial charge in [0.1, 0.15) is 12.6 Å². The van der Waals surface area contributed by atoms with Gasteiger partial charge in [-0.15, -0.1) is 0 Å². The first-order valence-corrected chi connectivity index (χ1v) is 9.88. The van der Waals surface area contributed by atoms with Crippen LogP contribution in [-0.2, 0) is 11.3 Å². The predicted molar refractivity (Wildman–Crippen MR) is 109 cm³/mol. The number of amides is 1. The first-order chi connectivity index (χ1) is 14.6. The smallest absolute Gasteiger partial charge is 0.261 e. The van der Waals surface area contributed by atoms with Crippen molar-refractivity contribution in [2.45, 2.75) is 44.4 Å². The fraction of sp³-hybridized carbons (Fsp3) is 0.381. The molecule has 30 heavy (non-hydrogen) atoms. The van der Waals surface area contributed by atoms with Gasteiger partial charge < -0.3 is 14.8 Å². The Morgan fingerprint density at radius 2 is 1.93 bits per heavy atom. The number of para-hydroxylation sites is 1. The number of carbonyl (C=O) groups excluding carboxylic acids is 1. The number of rotatable bonds is 6. The SMILES string of the molecule is COc1cncc(OC2CCC(NC(=O)Cn3cnc4ccccc4c3=O)CC2)n1. The van der Waals surface area contributed by atoms with Crippen LogP contribution >= 0.6 is 0 Å². The van der Waals surface area contributed by atoms with E-state index < -0.39 is 0 Å². The third-order valence-electron chi connectivity index (χ3n) is 5.17. The zero-order valence-corrected chi connectivity index (χ0v) is 16.7. The summed E-state index contributed by atoms with van der Waals surface area (Å²) in [6.07, 6.45) is 7.69. The van der Waals surface area contributed by atoms with Crippen LogP contribution in [0, 0.1) is 0 Å². The molecule has 0 aliphatic heterocycles. The molecule has 0 bridgehead atoms. The average molecular weight is 409 g/mol. The van der Waals surface area contributed by atoms with Gasteiger partial charge in [-0.25, -0.2) is 4.98 Å². The standard InChI is InChI=1S/C21H23N5O4/c1-29-19-10-22-11-20(25-19)30-15-8-6-14(7-9-15)24-18(27)12-26-13-23-17-5-3-2-4-16(17)21(26)28/h2-5,10-11,13-15H,6-9,12H2,1H3,(H,24,27). The zero-order chi connectivity index (χ0) is 20.9. The Hall–Kier alpha value is -3.49. The second-order valence-electron chi connectivity index (χ2n) is 7.25. The molecule has 1 N–H and O–H groups in total. The van der Waals surface area contributed by atoms with E-state index >= 15 is 0 Å². The van der Waals surface area contributed by atoms with Crippen LogP contribution < -0.4 is 20.3 Å². The lowest BCUT2D eigenvalue weighted by atomic mass is 9.93. The number of benzene rings is 1. The van der Waals surface area contributed by atoms with Gasteiger partial charge in [0.15, 0.2) is 0 Å². The largest absolute Gasteiger partial charge is 0.480 e. The van der Waals surface area contributed by atoms with Gasteiger partial charge in [0.25, 0.3) is 5.56 Å². The van der Waals surface area contributed by atoms with Crippen LogP contribution in [0.5, 0.6) is 11.8 Å². The molecule has 1 aromatic carbocycles. The highest BCUT2D eigenvalue weighted by atomic mass is 16.5. The van der Waals surface area contributed by atoms with Crippen LogP contribution in [0.25, 0.3) is 10.9 Å². The highest BCUT2D eigenvalue weighted by Gasteiger charge is 2.24. The second kappa shape index (κ2) is 8.89. The van der Waals surface area contributed by atoms with Crippen LogP contribution in [0.4, 0.5) is 0 Å². The fourth-order valence-corrected chi connectivity index (χ4v) is 3.63. The lowest BCUT2D eigenvalue weighted by Crippen LogP contribution is -2.42. The maximum atomic E-state index is 12.5. The molecule has 9 nitrogen and oxygen atoms in total. The van der Waals surface area contributed by atoms with Crippen molar-refractivity contribution in [3.63, 3.8) is 0 Å². The number of hydrogen-bond acceptors (Lipinski definition) is 7. The van der Waals surface area contributed by atoms with E-state index in [1.165, 1.54) is 24.2 Å². The number of nitrogens with zero attached hydrogens (tertiary/aromatic N) is 4. The van der Waals surface area contributed by atoms with E-state index in [1.54, 1.807) is 24.4 Å². The number of carbonyl (C=O) groups is 1. The number of hydrogen-bond donors (Lipinski definition) is 1. The molecule has 1 amide bonds. The molecule has 0 saturated heterocycles. The minimum atomic E-state index is -0.216. The van der Waals surface area contributed by atoms with Gasteiger partial charge in [0.05, 0.1) is 36.7 Å². The summed E-state index contributed by atoms with van der Waals surface area (Å²) in [5.41, 5.74) is 0.408. The number of aromatic nitrogens is 4. The topological polar surface area (TPSA) is 108 Å². The van der Waals surface area contributed by atoms with Gasteiger partial charge in [-0.1, -0.05) is 12.1 Å². The van der Waals surface area contributed by atoms with Crippen molar-refractivity contribution in [3.05, 3.63) is 53.3 Å². The molecule has 9 heteroatoms. The molecule has 0 unspecified atom stereocenters. The van der Waals surface area contributed by atoms with E-state index in [9.17, 15) is 9.59 Å².